The minimum Gasteiger partial charge on any atom is -0.496 e. The fraction of sp³-hybridized carbons (Fsp3) is 0.564. The Bertz CT molecular complexity index is 1280. The molecular weight excluding hydrogens is 581 g/mol. The van der Waals surface area contributed by atoms with Crippen LogP contribution in [0.3, 0.4) is 0 Å². The van der Waals surface area contributed by atoms with E-state index < -0.39 is 5.67 Å². The van der Waals surface area contributed by atoms with E-state index in [0.717, 1.165) is 41.9 Å². The van der Waals surface area contributed by atoms with E-state index >= 15 is 4.39 Å². The molecular formula is C39H58FNO3S. The third-order valence-corrected chi connectivity index (χ3v) is 10.2. The Hall–Kier alpha value is -2.57. The number of carbonyl (C=O) groups excluding carboxylic acids is 1. The number of alkyl halides is 1. The molecule has 0 fully saturated rings. The molecule has 0 saturated carbocycles. The minimum absolute atomic E-state index is 0.0965. The summed E-state index contributed by atoms with van der Waals surface area (Å²) in [5, 5.41) is 0. The van der Waals surface area contributed by atoms with Crippen molar-refractivity contribution >= 4 is 17.5 Å². The number of rotatable bonds is 22. The lowest BCUT2D eigenvalue weighted by atomic mass is 9.81. The summed E-state index contributed by atoms with van der Waals surface area (Å²) in [7, 11) is 3.31. The summed E-state index contributed by atoms with van der Waals surface area (Å²) in [4.78, 5) is 14.6. The predicted molar refractivity (Wildman–Crippen MR) is 191 cm³/mol. The highest BCUT2D eigenvalue weighted by Gasteiger charge is 2.34. The summed E-state index contributed by atoms with van der Waals surface area (Å²) >= 11 is 1.90. The molecule has 0 aliphatic carbocycles. The second-order valence-corrected chi connectivity index (χ2v) is 13.5. The van der Waals surface area contributed by atoms with E-state index in [1.54, 1.807) is 21.1 Å². The largest absolute Gasteiger partial charge is 0.496 e. The maximum absolute atomic E-state index is 16.3. The number of Topliss-reactive ketones (excluding diaryl/α,β-unsaturated/α-hetero) is 1. The number of benzene rings is 2. The molecule has 0 aliphatic heterocycles. The van der Waals surface area contributed by atoms with Crippen LogP contribution in [-0.4, -0.2) is 32.3 Å². The molecule has 4 nitrogen and oxygen atoms in total. The second kappa shape index (κ2) is 19.2. The predicted octanol–water partition coefficient (Wildman–Crippen LogP) is 10.1. The van der Waals surface area contributed by atoms with Gasteiger partial charge < -0.3 is 15.2 Å². The van der Waals surface area contributed by atoms with E-state index in [1.165, 1.54) is 23.3 Å². The summed E-state index contributed by atoms with van der Waals surface area (Å²) in [5.41, 5.74) is 9.10. The van der Waals surface area contributed by atoms with Crippen molar-refractivity contribution in [3.05, 3.63) is 76.9 Å². The Morgan fingerprint density at radius 2 is 1.69 bits per heavy atom. The first kappa shape index (κ1) is 38.6. The summed E-state index contributed by atoms with van der Waals surface area (Å²) in [6.45, 7) is 18.9. The highest BCUT2D eigenvalue weighted by atomic mass is 32.2. The van der Waals surface area contributed by atoms with Gasteiger partial charge in [-0.25, -0.2) is 4.39 Å². The highest BCUT2D eigenvalue weighted by molar-refractivity contribution is 7.99. The Kier molecular flexibility index (Phi) is 16.5. The van der Waals surface area contributed by atoms with Gasteiger partial charge in [-0.15, -0.1) is 18.3 Å². The average Bonchev–Trinajstić information content (AvgIpc) is 3.04. The molecule has 0 saturated heterocycles. The number of allylic oxidation sites excluding steroid dienone is 2. The molecule has 2 aromatic rings. The smallest absolute Gasteiger partial charge is 0.156 e. The monoisotopic (exact) mass is 639 g/mol. The first-order valence-corrected chi connectivity index (χ1v) is 17.7. The van der Waals surface area contributed by atoms with E-state index in [1.807, 2.05) is 36.9 Å². The standard InChI is InChI=1S/C39H58FNO3S/c1-10-28(7)19-21-45-38-26-37(44-9)31(23-34(38)29(11-2)12-3)16-14-18-33(42)22-32-24-35(39(40,13-4)27(5)6)30(17-15-20-41)25-36(32)43-8/h11,23-26,28-29H,2,5,10,12-22,41H2,1,3-4,6-9H3. The number of methoxy groups -OCH3 is 2. The number of thioether (sulfide) groups is 1. The third kappa shape index (κ3) is 10.5. The van der Waals surface area contributed by atoms with Crippen LogP contribution in [0.4, 0.5) is 4.39 Å². The normalized spacial score (nSPS) is 14.0. The SMILES string of the molecule is C=CC(CC)c1cc(CCCC(=O)Cc2cc(C(F)(CC)C(=C)C)c(CCCN)cc2OC)c(OC)cc1SCCC(C)CC. The van der Waals surface area contributed by atoms with Crippen molar-refractivity contribution in [3.63, 3.8) is 0 Å². The Balaban J connectivity index is 2.28. The number of halogens is 1. The molecule has 0 aliphatic rings. The first-order valence-electron chi connectivity index (χ1n) is 16.8. The number of carbonyl (C=O) groups is 1. The van der Waals surface area contributed by atoms with Gasteiger partial charge in [-0.2, -0.15) is 0 Å². The number of ketones is 1. The number of nitrogens with two attached hydrogens (primary N) is 1. The van der Waals surface area contributed by atoms with Crippen molar-refractivity contribution < 1.29 is 18.7 Å². The zero-order valence-electron chi connectivity index (χ0n) is 29.0. The van der Waals surface area contributed by atoms with E-state index in [2.05, 4.69) is 46.1 Å². The number of aryl methyl sites for hydroxylation is 2. The van der Waals surface area contributed by atoms with Crippen LogP contribution in [0.1, 0.15) is 113 Å². The van der Waals surface area contributed by atoms with Crippen molar-refractivity contribution in [1.29, 1.82) is 0 Å². The van der Waals surface area contributed by atoms with Gasteiger partial charge in [0.2, 0.25) is 0 Å². The molecule has 0 heterocycles. The Morgan fingerprint density at radius 3 is 2.24 bits per heavy atom. The van der Waals surface area contributed by atoms with E-state index in [0.29, 0.717) is 54.2 Å². The molecule has 2 N–H and O–H groups in total. The number of hydrogen-bond donors (Lipinski definition) is 1. The van der Waals surface area contributed by atoms with Crippen LogP contribution < -0.4 is 15.2 Å². The van der Waals surface area contributed by atoms with Gasteiger partial charge in [0.1, 0.15) is 17.3 Å². The van der Waals surface area contributed by atoms with Crippen LogP contribution in [0.25, 0.3) is 0 Å². The third-order valence-electron chi connectivity index (χ3n) is 9.14. The van der Waals surface area contributed by atoms with Crippen molar-refractivity contribution in [2.75, 3.05) is 26.5 Å². The fourth-order valence-electron chi connectivity index (χ4n) is 5.88. The van der Waals surface area contributed by atoms with Crippen LogP contribution in [0.5, 0.6) is 11.5 Å². The van der Waals surface area contributed by atoms with E-state index in [9.17, 15) is 4.79 Å². The van der Waals surface area contributed by atoms with Gasteiger partial charge in [0.25, 0.3) is 0 Å². The van der Waals surface area contributed by atoms with E-state index in [-0.39, 0.29) is 24.5 Å². The topological polar surface area (TPSA) is 61.6 Å². The first-order chi connectivity index (χ1) is 21.5. The molecule has 0 aromatic heterocycles. The van der Waals surface area contributed by atoms with Gasteiger partial charge in [-0.3, -0.25) is 4.79 Å². The lowest BCUT2D eigenvalue weighted by molar-refractivity contribution is -0.118. The molecule has 3 unspecified atom stereocenters. The van der Waals surface area contributed by atoms with Gasteiger partial charge >= 0.3 is 0 Å². The molecule has 3 atom stereocenters. The lowest BCUT2D eigenvalue weighted by Gasteiger charge is -2.29. The van der Waals surface area contributed by atoms with Gasteiger partial charge in [0, 0.05) is 29.2 Å². The van der Waals surface area contributed by atoms with Crippen molar-refractivity contribution in [1.82, 2.24) is 0 Å². The zero-order valence-corrected chi connectivity index (χ0v) is 29.8. The molecule has 0 bridgehead atoms. The van der Waals surface area contributed by atoms with Crippen LogP contribution in [0, 0.1) is 5.92 Å². The van der Waals surface area contributed by atoms with Gasteiger partial charge in [0.05, 0.1) is 14.2 Å². The van der Waals surface area contributed by atoms with Gasteiger partial charge in [-0.1, -0.05) is 52.8 Å². The van der Waals surface area contributed by atoms with E-state index in [4.69, 9.17) is 15.2 Å². The van der Waals surface area contributed by atoms with Gasteiger partial charge in [-0.05, 0) is 116 Å². The van der Waals surface area contributed by atoms with Crippen LogP contribution in [0.15, 0.2) is 54.0 Å². The van der Waals surface area contributed by atoms with Crippen molar-refractivity contribution in [2.45, 2.75) is 115 Å². The van der Waals surface area contributed by atoms with Crippen molar-refractivity contribution in [2.24, 2.45) is 11.7 Å². The molecule has 6 heteroatoms. The fourth-order valence-corrected chi connectivity index (χ4v) is 7.18. The maximum atomic E-state index is 16.3. The Labute approximate surface area is 277 Å². The highest BCUT2D eigenvalue weighted by Crippen LogP contribution is 2.42. The van der Waals surface area contributed by atoms with Crippen LogP contribution in [-0.2, 0) is 29.7 Å². The second-order valence-electron chi connectivity index (χ2n) is 12.3. The molecule has 0 amide bonds. The quantitative estimate of drug-likeness (QED) is 0.103. The molecule has 250 valence electrons. The summed E-state index contributed by atoms with van der Waals surface area (Å²) in [6.07, 6.45) is 9.04. The molecule has 2 aromatic carbocycles. The Morgan fingerprint density at radius 1 is 1.02 bits per heavy atom. The molecule has 0 spiro atoms. The molecule has 45 heavy (non-hydrogen) atoms. The van der Waals surface area contributed by atoms with Crippen molar-refractivity contribution in [3.8, 4) is 11.5 Å². The van der Waals surface area contributed by atoms with Crippen LogP contribution in [0.2, 0.25) is 0 Å². The minimum atomic E-state index is -1.68. The lowest BCUT2D eigenvalue weighted by Crippen LogP contribution is -2.23. The molecule has 0 radical (unpaired) electrons. The van der Waals surface area contributed by atoms with Crippen LogP contribution >= 0.6 is 11.8 Å². The zero-order chi connectivity index (χ0) is 33.6. The molecule has 2 rings (SSSR count). The van der Waals surface area contributed by atoms with Gasteiger partial charge in [0.15, 0.2) is 5.67 Å². The number of ether oxygens (including phenoxy) is 2. The summed E-state index contributed by atoms with van der Waals surface area (Å²) in [6, 6.07) is 8.16. The number of hydrogen-bond acceptors (Lipinski definition) is 5. The maximum Gasteiger partial charge on any atom is 0.156 e. The summed E-state index contributed by atoms with van der Waals surface area (Å²) < 4.78 is 27.8. The average molecular weight is 640 g/mol. The summed E-state index contributed by atoms with van der Waals surface area (Å²) in [5.74, 6) is 3.62.